The summed E-state index contributed by atoms with van der Waals surface area (Å²) in [4.78, 5) is 18.1. The molecule has 1 fully saturated rings. The van der Waals surface area contributed by atoms with Gasteiger partial charge in [0.25, 0.3) is 0 Å². The Balaban J connectivity index is 0.00000289. The van der Waals surface area contributed by atoms with Crippen molar-refractivity contribution in [1.29, 1.82) is 0 Å². The third kappa shape index (κ3) is 6.20. The molecule has 1 saturated heterocycles. The van der Waals surface area contributed by atoms with Crippen LogP contribution in [0.1, 0.15) is 55.7 Å². The highest BCUT2D eigenvalue weighted by Crippen LogP contribution is 2.21. The molecule has 2 N–H and O–H groups in total. The van der Waals surface area contributed by atoms with Crippen molar-refractivity contribution in [1.82, 2.24) is 25.4 Å². The van der Waals surface area contributed by atoms with Gasteiger partial charge in [-0.05, 0) is 43.4 Å². The summed E-state index contributed by atoms with van der Waals surface area (Å²) in [6.45, 7) is 3.40. The molecule has 0 spiro atoms. The molecule has 1 aromatic carbocycles. The van der Waals surface area contributed by atoms with E-state index in [1.165, 1.54) is 19.3 Å². The number of halogens is 1. The topological polar surface area (TPSA) is 87.4 Å². The molecule has 4 rings (SSSR count). The number of aliphatic imine (C=N–C) groups is 1. The van der Waals surface area contributed by atoms with E-state index in [2.05, 4.69) is 42.5 Å². The van der Waals surface area contributed by atoms with Gasteiger partial charge in [-0.1, -0.05) is 18.6 Å². The first-order chi connectivity index (χ1) is 15.2. The molecule has 174 valence electrons. The molecule has 0 atom stereocenters. The molecule has 0 radical (unpaired) electrons. The molecule has 1 aromatic heterocycles. The number of anilines is 1. The van der Waals surface area contributed by atoms with Gasteiger partial charge in [-0.2, -0.15) is 0 Å². The van der Waals surface area contributed by atoms with Crippen LogP contribution in [0.4, 0.5) is 5.69 Å². The van der Waals surface area contributed by atoms with E-state index in [9.17, 15) is 4.79 Å². The van der Waals surface area contributed by atoms with Crippen molar-refractivity contribution < 1.29 is 4.79 Å². The number of hydrogen-bond acceptors (Lipinski definition) is 4. The maximum absolute atomic E-state index is 11.9. The Morgan fingerprint density at radius 1 is 1.03 bits per heavy atom. The molecule has 2 aromatic rings. The van der Waals surface area contributed by atoms with E-state index in [-0.39, 0.29) is 29.9 Å². The fourth-order valence-electron chi connectivity index (χ4n) is 4.30. The van der Waals surface area contributed by atoms with Gasteiger partial charge in [-0.25, -0.2) is 0 Å². The molecule has 32 heavy (non-hydrogen) atoms. The quantitative estimate of drug-likeness (QED) is 0.239. The first-order valence-electron chi connectivity index (χ1n) is 11.5. The lowest BCUT2D eigenvalue weighted by Gasteiger charge is -2.16. The normalized spacial score (nSPS) is 16.3. The molecule has 0 aliphatic carbocycles. The zero-order chi connectivity index (χ0) is 21.5. The van der Waals surface area contributed by atoms with E-state index >= 15 is 0 Å². The van der Waals surface area contributed by atoms with Gasteiger partial charge in [0, 0.05) is 58.2 Å². The number of aromatic nitrogens is 3. The van der Waals surface area contributed by atoms with Crippen molar-refractivity contribution in [3.05, 3.63) is 41.5 Å². The van der Waals surface area contributed by atoms with E-state index in [1.807, 2.05) is 17.0 Å². The number of carbonyl (C=O) groups excluding carboxylic acids is 1. The average molecular weight is 551 g/mol. The van der Waals surface area contributed by atoms with Crippen LogP contribution >= 0.6 is 24.0 Å². The lowest BCUT2D eigenvalue weighted by molar-refractivity contribution is -0.117. The summed E-state index contributed by atoms with van der Waals surface area (Å²) >= 11 is 0. The summed E-state index contributed by atoms with van der Waals surface area (Å²) < 4.78 is 2.32. The van der Waals surface area contributed by atoms with Crippen molar-refractivity contribution in [2.24, 2.45) is 4.99 Å². The van der Waals surface area contributed by atoms with Gasteiger partial charge in [0.2, 0.25) is 5.91 Å². The van der Waals surface area contributed by atoms with Crippen LogP contribution in [0.5, 0.6) is 0 Å². The second-order valence-corrected chi connectivity index (χ2v) is 8.27. The Morgan fingerprint density at radius 3 is 2.62 bits per heavy atom. The Labute approximate surface area is 207 Å². The number of rotatable bonds is 7. The summed E-state index contributed by atoms with van der Waals surface area (Å²) in [6, 6.07) is 8.19. The number of hydrogen-bond donors (Lipinski definition) is 2. The lowest BCUT2D eigenvalue weighted by atomic mass is 10.2. The van der Waals surface area contributed by atoms with E-state index in [0.29, 0.717) is 13.0 Å². The number of carbonyl (C=O) groups is 1. The van der Waals surface area contributed by atoms with Gasteiger partial charge in [-0.3, -0.25) is 9.79 Å². The molecule has 2 aliphatic rings. The summed E-state index contributed by atoms with van der Waals surface area (Å²) in [5, 5.41) is 15.5. The number of benzene rings is 1. The maximum Gasteiger partial charge on any atom is 0.227 e. The van der Waals surface area contributed by atoms with Gasteiger partial charge < -0.3 is 20.1 Å². The Kier molecular flexibility index (Phi) is 9.31. The standard InChI is InChI=1S/C23H33N7O.HI/c1-24-23(25-14-5-8-21-28-27-20-7-3-2-4-15-30(20)21)26-17-18-10-12-19(13-11-18)29-16-6-9-22(29)31;/h10-13H,2-9,14-17H2,1H3,(H2,24,25,26);1H. The van der Waals surface area contributed by atoms with Gasteiger partial charge in [0.15, 0.2) is 5.96 Å². The van der Waals surface area contributed by atoms with Gasteiger partial charge >= 0.3 is 0 Å². The van der Waals surface area contributed by atoms with Crippen LogP contribution in [0.3, 0.4) is 0 Å². The van der Waals surface area contributed by atoms with Crippen LogP contribution in [0, 0.1) is 0 Å². The third-order valence-corrected chi connectivity index (χ3v) is 6.06. The summed E-state index contributed by atoms with van der Waals surface area (Å²) in [5.41, 5.74) is 2.14. The first-order valence-corrected chi connectivity index (χ1v) is 11.5. The van der Waals surface area contributed by atoms with Gasteiger partial charge in [-0.15, -0.1) is 34.2 Å². The number of nitrogens with zero attached hydrogens (tertiary/aromatic N) is 5. The number of amides is 1. The number of guanidine groups is 1. The Hall–Kier alpha value is -2.17. The van der Waals surface area contributed by atoms with Gasteiger partial charge in [0.1, 0.15) is 11.6 Å². The smallest absolute Gasteiger partial charge is 0.227 e. The molecular formula is C23H34IN7O. The number of aryl methyl sites for hydroxylation is 2. The average Bonchev–Trinajstić information content (AvgIpc) is 3.31. The van der Waals surface area contributed by atoms with E-state index in [0.717, 1.165) is 74.2 Å². The molecule has 3 heterocycles. The van der Waals surface area contributed by atoms with Crippen LogP contribution < -0.4 is 15.5 Å². The highest BCUT2D eigenvalue weighted by atomic mass is 127. The molecule has 0 unspecified atom stereocenters. The molecule has 0 saturated carbocycles. The molecular weight excluding hydrogens is 517 g/mol. The molecule has 0 bridgehead atoms. The predicted molar refractivity (Wildman–Crippen MR) is 138 cm³/mol. The zero-order valence-electron chi connectivity index (χ0n) is 18.8. The minimum absolute atomic E-state index is 0. The summed E-state index contributed by atoms with van der Waals surface area (Å²) in [6.07, 6.45) is 8.30. The van der Waals surface area contributed by atoms with Crippen molar-refractivity contribution in [2.75, 3.05) is 25.0 Å². The fourth-order valence-corrected chi connectivity index (χ4v) is 4.30. The monoisotopic (exact) mass is 551 g/mol. The van der Waals surface area contributed by atoms with Crippen molar-refractivity contribution in [3.8, 4) is 0 Å². The molecule has 8 nitrogen and oxygen atoms in total. The van der Waals surface area contributed by atoms with Crippen molar-refractivity contribution >= 4 is 41.5 Å². The molecule has 9 heteroatoms. The van der Waals surface area contributed by atoms with Crippen LogP contribution in [-0.4, -0.2) is 46.8 Å². The fraction of sp³-hybridized carbons (Fsp3) is 0.565. The number of nitrogens with one attached hydrogen (secondary N) is 2. The lowest BCUT2D eigenvalue weighted by Crippen LogP contribution is -2.37. The molecule has 1 amide bonds. The van der Waals surface area contributed by atoms with Crippen LogP contribution in [-0.2, 0) is 30.7 Å². The van der Waals surface area contributed by atoms with Crippen LogP contribution in [0.25, 0.3) is 0 Å². The van der Waals surface area contributed by atoms with Crippen molar-refractivity contribution in [2.45, 2.75) is 64.5 Å². The summed E-state index contributed by atoms with van der Waals surface area (Å²) in [7, 11) is 1.79. The largest absolute Gasteiger partial charge is 0.356 e. The Morgan fingerprint density at radius 2 is 1.88 bits per heavy atom. The van der Waals surface area contributed by atoms with E-state index < -0.39 is 0 Å². The summed E-state index contributed by atoms with van der Waals surface area (Å²) in [5.74, 6) is 3.27. The van der Waals surface area contributed by atoms with Crippen LogP contribution in [0.2, 0.25) is 0 Å². The highest BCUT2D eigenvalue weighted by molar-refractivity contribution is 14.0. The second kappa shape index (κ2) is 12.2. The SMILES string of the molecule is CN=C(NCCCc1nnc2n1CCCCC2)NCc1ccc(N2CCCC2=O)cc1.I. The minimum atomic E-state index is 0. The van der Waals surface area contributed by atoms with E-state index in [4.69, 9.17) is 0 Å². The Bertz CT molecular complexity index is 910. The predicted octanol–water partition coefficient (Wildman–Crippen LogP) is 3.05. The van der Waals surface area contributed by atoms with Crippen molar-refractivity contribution in [3.63, 3.8) is 0 Å². The van der Waals surface area contributed by atoms with Gasteiger partial charge in [0.05, 0.1) is 0 Å². The minimum Gasteiger partial charge on any atom is -0.356 e. The second-order valence-electron chi connectivity index (χ2n) is 8.27. The zero-order valence-corrected chi connectivity index (χ0v) is 21.2. The highest BCUT2D eigenvalue weighted by Gasteiger charge is 2.21. The molecule has 2 aliphatic heterocycles. The first kappa shape index (κ1) is 24.5. The van der Waals surface area contributed by atoms with E-state index in [1.54, 1.807) is 7.05 Å². The maximum atomic E-state index is 11.9. The van der Waals surface area contributed by atoms with Crippen LogP contribution in [0.15, 0.2) is 29.3 Å². The third-order valence-electron chi connectivity index (χ3n) is 6.06. The number of fused-ring (bicyclic) bond motifs is 1.